The van der Waals surface area contributed by atoms with Crippen molar-refractivity contribution in [1.29, 1.82) is 0 Å². The van der Waals surface area contributed by atoms with Gasteiger partial charge in [-0.15, -0.1) is 0 Å². The van der Waals surface area contributed by atoms with Crippen LogP contribution in [-0.4, -0.2) is 23.2 Å². The highest BCUT2D eigenvalue weighted by atomic mass is 35.5. The van der Waals surface area contributed by atoms with Crippen molar-refractivity contribution in [3.8, 4) is 0 Å². The van der Waals surface area contributed by atoms with Crippen molar-refractivity contribution in [3.05, 3.63) is 34.3 Å². The van der Waals surface area contributed by atoms with E-state index in [2.05, 4.69) is 5.32 Å². The second-order valence-electron chi connectivity index (χ2n) is 4.56. The van der Waals surface area contributed by atoms with Crippen molar-refractivity contribution in [2.75, 3.05) is 6.61 Å². The van der Waals surface area contributed by atoms with Gasteiger partial charge in [0.1, 0.15) is 0 Å². The summed E-state index contributed by atoms with van der Waals surface area (Å²) in [7, 11) is 0. The average molecular weight is 270 g/mol. The molecule has 0 unspecified atom stereocenters. The first-order chi connectivity index (χ1) is 8.48. The first-order valence-electron chi connectivity index (χ1n) is 6.17. The van der Waals surface area contributed by atoms with Gasteiger partial charge in [0, 0.05) is 10.6 Å². The normalized spacial score (nSPS) is 11.4. The van der Waals surface area contributed by atoms with Gasteiger partial charge in [0.05, 0.1) is 12.1 Å². The molecule has 0 spiro atoms. The van der Waals surface area contributed by atoms with E-state index in [0.717, 1.165) is 5.56 Å². The molecule has 0 aliphatic carbocycles. The van der Waals surface area contributed by atoms with Crippen LogP contribution >= 0.6 is 11.6 Å². The maximum Gasteiger partial charge on any atom is 0.252 e. The van der Waals surface area contributed by atoms with Crippen LogP contribution in [0.5, 0.6) is 0 Å². The van der Waals surface area contributed by atoms with E-state index in [1.54, 1.807) is 12.1 Å². The third-order valence-corrected chi connectivity index (χ3v) is 3.71. The summed E-state index contributed by atoms with van der Waals surface area (Å²) in [4.78, 5) is 12.2. The zero-order valence-corrected chi connectivity index (χ0v) is 11.8. The third-order valence-electron chi connectivity index (χ3n) is 3.48. The summed E-state index contributed by atoms with van der Waals surface area (Å²) in [6.45, 7) is 5.70. The Morgan fingerprint density at radius 2 is 2.00 bits per heavy atom. The molecule has 18 heavy (non-hydrogen) atoms. The lowest BCUT2D eigenvalue weighted by molar-refractivity contribution is 0.0817. The van der Waals surface area contributed by atoms with Crippen LogP contribution in [0.2, 0.25) is 5.02 Å². The Morgan fingerprint density at radius 1 is 1.39 bits per heavy atom. The molecule has 0 atom stereocenters. The molecule has 0 bridgehead atoms. The van der Waals surface area contributed by atoms with Gasteiger partial charge in [-0.3, -0.25) is 4.79 Å². The SMILES string of the molecule is CCC(CC)(CO)NC(=O)c1cc(Cl)ccc1C. The number of aryl methyl sites for hydroxylation is 1. The monoisotopic (exact) mass is 269 g/mol. The Morgan fingerprint density at radius 3 is 2.50 bits per heavy atom. The maximum absolute atomic E-state index is 12.2. The first kappa shape index (κ1) is 15.0. The van der Waals surface area contributed by atoms with Crippen LogP contribution in [0.1, 0.15) is 42.6 Å². The minimum absolute atomic E-state index is 0.0641. The molecule has 0 saturated carbocycles. The number of amides is 1. The van der Waals surface area contributed by atoms with Crippen molar-refractivity contribution in [2.45, 2.75) is 39.2 Å². The zero-order valence-electron chi connectivity index (χ0n) is 11.1. The van der Waals surface area contributed by atoms with E-state index < -0.39 is 5.54 Å². The summed E-state index contributed by atoms with van der Waals surface area (Å²) in [6.07, 6.45) is 1.37. The molecule has 0 saturated heterocycles. The van der Waals surface area contributed by atoms with Crippen LogP contribution in [-0.2, 0) is 0 Å². The van der Waals surface area contributed by atoms with Crippen LogP contribution < -0.4 is 5.32 Å². The molecular weight excluding hydrogens is 250 g/mol. The van der Waals surface area contributed by atoms with Gasteiger partial charge in [-0.05, 0) is 37.5 Å². The Balaban J connectivity index is 2.97. The molecule has 0 fully saturated rings. The number of benzene rings is 1. The molecule has 2 N–H and O–H groups in total. The summed E-state index contributed by atoms with van der Waals surface area (Å²) in [5.74, 6) is -0.187. The van der Waals surface area contributed by atoms with E-state index in [1.807, 2.05) is 26.8 Å². The van der Waals surface area contributed by atoms with Crippen LogP contribution in [0.15, 0.2) is 18.2 Å². The lowest BCUT2D eigenvalue weighted by atomic mass is 9.93. The molecule has 0 heterocycles. The van der Waals surface area contributed by atoms with E-state index in [4.69, 9.17) is 11.6 Å². The highest BCUT2D eigenvalue weighted by Crippen LogP contribution is 2.19. The molecule has 4 heteroatoms. The Hall–Kier alpha value is -1.06. The van der Waals surface area contributed by atoms with E-state index in [-0.39, 0.29) is 12.5 Å². The number of carbonyl (C=O) groups excluding carboxylic acids is 1. The molecule has 100 valence electrons. The number of nitrogens with one attached hydrogen (secondary N) is 1. The molecule has 0 aliphatic rings. The number of aliphatic hydroxyl groups is 1. The smallest absolute Gasteiger partial charge is 0.252 e. The van der Waals surface area contributed by atoms with E-state index in [0.29, 0.717) is 23.4 Å². The first-order valence-corrected chi connectivity index (χ1v) is 6.55. The van der Waals surface area contributed by atoms with E-state index in [9.17, 15) is 9.90 Å². The predicted octanol–water partition coefficient (Wildman–Crippen LogP) is 2.93. The van der Waals surface area contributed by atoms with Crippen LogP contribution in [0.4, 0.5) is 0 Å². The quantitative estimate of drug-likeness (QED) is 0.863. The molecule has 1 aromatic rings. The van der Waals surface area contributed by atoms with Gasteiger partial charge in [0.2, 0.25) is 0 Å². The standard InChI is InChI=1S/C14H20ClNO2/c1-4-14(5-2,9-17)16-13(18)12-8-11(15)7-6-10(12)3/h6-8,17H,4-5,9H2,1-3H3,(H,16,18). The number of aliphatic hydroxyl groups excluding tert-OH is 1. The van der Waals surface area contributed by atoms with Gasteiger partial charge in [-0.1, -0.05) is 31.5 Å². The molecule has 0 radical (unpaired) electrons. The van der Waals surface area contributed by atoms with Crippen LogP contribution in [0.3, 0.4) is 0 Å². The molecule has 3 nitrogen and oxygen atoms in total. The van der Waals surface area contributed by atoms with Gasteiger partial charge in [0.25, 0.3) is 5.91 Å². The van der Waals surface area contributed by atoms with Crippen molar-refractivity contribution in [2.24, 2.45) is 0 Å². The fraction of sp³-hybridized carbons (Fsp3) is 0.500. The summed E-state index contributed by atoms with van der Waals surface area (Å²) in [5, 5.41) is 12.9. The molecule has 1 amide bonds. The number of hydrogen-bond acceptors (Lipinski definition) is 2. The van der Waals surface area contributed by atoms with Gasteiger partial charge in [0.15, 0.2) is 0 Å². The second-order valence-corrected chi connectivity index (χ2v) is 5.00. The summed E-state index contributed by atoms with van der Waals surface area (Å²) in [5.41, 5.74) is 0.879. The van der Waals surface area contributed by atoms with Gasteiger partial charge < -0.3 is 10.4 Å². The number of carbonyl (C=O) groups is 1. The minimum Gasteiger partial charge on any atom is -0.394 e. The van der Waals surface area contributed by atoms with Gasteiger partial charge in [-0.2, -0.15) is 0 Å². The summed E-state index contributed by atoms with van der Waals surface area (Å²) in [6, 6.07) is 5.22. The van der Waals surface area contributed by atoms with Crippen molar-refractivity contribution >= 4 is 17.5 Å². The predicted molar refractivity (Wildman–Crippen MR) is 74.1 cm³/mol. The minimum atomic E-state index is -0.550. The lowest BCUT2D eigenvalue weighted by Crippen LogP contribution is -2.50. The Kier molecular flexibility index (Phi) is 5.17. The lowest BCUT2D eigenvalue weighted by Gasteiger charge is -2.31. The Labute approximate surface area is 113 Å². The highest BCUT2D eigenvalue weighted by Gasteiger charge is 2.28. The molecule has 1 aromatic carbocycles. The fourth-order valence-corrected chi connectivity index (χ4v) is 2.01. The highest BCUT2D eigenvalue weighted by molar-refractivity contribution is 6.31. The fourth-order valence-electron chi connectivity index (χ4n) is 1.84. The largest absolute Gasteiger partial charge is 0.394 e. The van der Waals surface area contributed by atoms with Crippen LogP contribution in [0, 0.1) is 6.92 Å². The Bertz CT molecular complexity index is 420. The van der Waals surface area contributed by atoms with Crippen molar-refractivity contribution < 1.29 is 9.90 Å². The summed E-state index contributed by atoms with van der Waals surface area (Å²) >= 11 is 5.90. The average Bonchev–Trinajstić information content (AvgIpc) is 2.38. The maximum atomic E-state index is 12.2. The molecule has 0 aromatic heterocycles. The van der Waals surface area contributed by atoms with Gasteiger partial charge in [-0.25, -0.2) is 0 Å². The van der Waals surface area contributed by atoms with Crippen molar-refractivity contribution in [3.63, 3.8) is 0 Å². The van der Waals surface area contributed by atoms with E-state index in [1.165, 1.54) is 0 Å². The van der Waals surface area contributed by atoms with E-state index >= 15 is 0 Å². The second kappa shape index (κ2) is 6.21. The molecule has 1 rings (SSSR count). The number of halogens is 1. The zero-order chi connectivity index (χ0) is 13.8. The van der Waals surface area contributed by atoms with Crippen molar-refractivity contribution in [1.82, 2.24) is 5.32 Å². The topological polar surface area (TPSA) is 49.3 Å². The third kappa shape index (κ3) is 3.24. The number of rotatable bonds is 5. The molecular formula is C14H20ClNO2. The number of hydrogen-bond donors (Lipinski definition) is 2. The molecule has 0 aliphatic heterocycles. The van der Waals surface area contributed by atoms with Gasteiger partial charge >= 0.3 is 0 Å². The summed E-state index contributed by atoms with van der Waals surface area (Å²) < 4.78 is 0. The van der Waals surface area contributed by atoms with Crippen LogP contribution in [0.25, 0.3) is 0 Å².